The first-order valence-corrected chi connectivity index (χ1v) is 6.53. The summed E-state index contributed by atoms with van der Waals surface area (Å²) in [7, 11) is 5.42. The van der Waals surface area contributed by atoms with E-state index < -0.39 is 41.0 Å². The number of hydrogen-bond acceptors (Lipinski definition) is 7. The molecule has 1 amide bonds. The number of hydrogen-bond donors (Lipinski definition) is 1. The van der Waals surface area contributed by atoms with Gasteiger partial charge in [-0.3, -0.25) is 14.6 Å². The van der Waals surface area contributed by atoms with Crippen molar-refractivity contribution < 1.29 is 31.5 Å². The standard InChI is InChI=1S/C12H4BF4N5O4/c13-5-3-4(1-2-6(5)14)22-9(21-25-11(22)24)7-8(20-26-19-7)18-10(23)12(15,16)17/h1-3H,(H,18,20,23). The quantitative estimate of drug-likeness (QED) is 0.522. The number of carbonyl (C=O) groups is 1. The molecular weight excluding hydrogens is 365 g/mol. The van der Waals surface area contributed by atoms with Crippen molar-refractivity contribution >= 4 is 25.0 Å². The lowest BCUT2D eigenvalue weighted by Gasteiger charge is -2.07. The van der Waals surface area contributed by atoms with Crippen molar-refractivity contribution in [1.29, 1.82) is 0 Å². The van der Waals surface area contributed by atoms with E-state index in [1.165, 1.54) is 5.32 Å². The van der Waals surface area contributed by atoms with Crippen molar-refractivity contribution in [1.82, 2.24) is 20.0 Å². The molecule has 9 nitrogen and oxygen atoms in total. The zero-order valence-electron chi connectivity index (χ0n) is 12.2. The Hall–Kier alpha value is -3.45. The number of carbonyl (C=O) groups excluding carboxylic acids is 1. The van der Waals surface area contributed by atoms with Gasteiger partial charge in [0.1, 0.15) is 13.7 Å². The Morgan fingerprint density at radius 2 is 1.96 bits per heavy atom. The number of amides is 1. The number of anilines is 1. The number of nitrogens with zero attached hydrogens (tertiary/aromatic N) is 4. The van der Waals surface area contributed by atoms with E-state index in [0.29, 0.717) is 0 Å². The molecule has 0 saturated heterocycles. The van der Waals surface area contributed by atoms with Crippen molar-refractivity contribution in [3.05, 3.63) is 34.6 Å². The zero-order valence-corrected chi connectivity index (χ0v) is 12.2. The Kier molecular flexibility index (Phi) is 4.10. The molecule has 0 atom stereocenters. The molecule has 132 valence electrons. The van der Waals surface area contributed by atoms with Crippen molar-refractivity contribution in [2.75, 3.05) is 5.32 Å². The second-order valence-electron chi connectivity index (χ2n) is 4.73. The Balaban J connectivity index is 2.08. The van der Waals surface area contributed by atoms with Crippen LogP contribution in [0.3, 0.4) is 0 Å². The van der Waals surface area contributed by atoms with Crippen molar-refractivity contribution in [3.63, 3.8) is 0 Å². The van der Waals surface area contributed by atoms with Crippen molar-refractivity contribution in [2.24, 2.45) is 0 Å². The minimum Gasteiger partial charge on any atom is -0.298 e. The average Bonchev–Trinajstić information content (AvgIpc) is 3.15. The molecule has 2 heterocycles. The molecular formula is C12H4BF4N5O4. The molecule has 0 unspecified atom stereocenters. The Morgan fingerprint density at radius 3 is 2.62 bits per heavy atom. The zero-order chi connectivity index (χ0) is 19.1. The average molecular weight is 369 g/mol. The maximum Gasteiger partial charge on any atom is 0.471 e. The van der Waals surface area contributed by atoms with Gasteiger partial charge in [0, 0.05) is 0 Å². The summed E-state index contributed by atoms with van der Waals surface area (Å²) in [6.45, 7) is 0. The molecule has 0 spiro atoms. The van der Waals surface area contributed by atoms with Gasteiger partial charge >= 0.3 is 17.8 Å². The van der Waals surface area contributed by atoms with Crippen LogP contribution in [0.5, 0.6) is 0 Å². The molecule has 1 aromatic carbocycles. The molecule has 0 aliphatic heterocycles. The van der Waals surface area contributed by atoms with Crippen molar-refractivity contribution in [3.8, 4) is 17.2 Å². The predicted molar refractivity (Wildman–Crippen MR) is 75.4 cm³/mol. The summed E-state index contributed by atoms with van der Waals surface area (Å²) >= 11 is 0. The summed E-state index contributed by atoms with van der Waals surface area (Å²) in [5.74, 6) is -5.41. The second-order valence-corrected chi connectivity index (χ2v) is 4.73. The van der Waals surface area contributed by atoms with E-state index in [9.17, 15) is 27.2 Å². The Bertz CT molecular complexity index is 1040. The summed E-state index contributed by atoms with van der Waals surface area (Å²) < 4.78 is 59.9. The molecule has 0 saturated carbocycles. The highest BCUT2D eigenvalue weighted by atomic mass is 19.4. The van der Waals surface area contributed by atoms with Gasteiger partial charge in [0.05, 0.1) is 5.69 Å². The van der Waals surface area contributed by atoms with Crippen LogP contribution in [0.2, 0.25) is 0 Å². The number of alkyl halides is 3. The van der Waals surface area contributed by atoms with Gasteiger partial charge in [-0.1, -0.05) is 10.6 Å². The summed E-state index contributed by atoms with van der Waals surface area (Å²) in [5, 5.41) is 11.2. The van der Waals surface area contributed by atoms with Crippen LogP contribution in [0, 0.1) is 5.82 Å². The predicted octanol–water partition coefficient (Wildman–Crippen LogP) is 0.309. The highest BCUT2D eigenvalue weighted by molar-refractivity contribution is 6.32. The van der Waals surface area contributed by atoms with E-state index in [1.54, 1.807) is 0 Å². The minimum atomic E-state index is -5.20. The molecule has 3 rings (SSSR count). The summed E-state index contributed by atoms with van der Waals surface area (Å²) in [5.41, 5.74) is -0.872. The first kappa shape index (κ1) is 17.4. The molecule has 2 aromatic heterocycles. The number of nitrogens with one attached hydrogen (secondary N) is 1. The fourth-order valence-electron chi connectivity index (χ4n) is 1.89. The number of rotatable bonds is 3. The molecule has 2 radical (unpaired) electrons. The summed E-state index contributed by atoms with van der Waals surface area (Å²) in [6.07, 6.45) is -5.20. The third kappa shape index (κ3) is 3.08. The lowest BCUT2D eigenvalue weighted by atomic mass is 9.95. The number of aromatic nitrogens is 4. The van der Waals surface area contributed by atoms with Gasteiger partial charge in [0.2, 0.25) is 11.6 Å². The third-order valence-corrected chi connectivity index (χ3v) is 3.03. The van der Waals surface area contributed by atoms with Gasteiger partial charge in [0.15, 0.2) is 5.69 Å². The van der Waals surface area contributed by atoms with Gasteiger partial charge in [-0.2, -0.15) is 13.2 Å². The second kappa shape index (κ2) is 6.13. The normalized spacial score (nSPS) is 11.5. The van der Waals surface area contributed by atoms with Crippen LogP contribution in [-0.2, 0) is 4.79 Å². The van der Waals surface area contributed by atoms with E-state index >= 15 is 0 Å². The number of benzene rings is 1. The van der Waals surface area contributed by atoms with Crippen LogP contribution in [0.15, 0.2) is 32.1 Å². The highest BCUT2D eigenvalue weighted by Crippen LogP contribution is 2.26. The van der Waals surface area contributed by atoms with E-state index in [-0.39, 0.29) is 11.2 Å². The topological polar surface area (TPSA) is 116 Å². The molecule has 0 bridgehead atoms. The van der Waals surface area contributed by atoms with Crippen LogP contribution in [0.4, 0.5) is 23.4 Å². The van der Waals surface area contributed by atoms with Crippen LogP contribution < -0.4 is 16.5 Å². The molecule has 1 N–H and O–H groups in total. The summed E-state index contributed by atoms with van der Waals surface area (Å²) in [6, 6.07) is 3.13. The van der Waals surface area contributed by atoms with Gasteiger partial charge < -0.3 is 0 Å². The lowest BCUT2D eigenvalue weighted by Crippen LogP contribution is -2.30. The van der Waals surface area contributed by atoms with Crippen LogP contribution in [-0.4, -0.2) is 40.0 Å². The maximum atomic E-state index is 13.3. The smallest absolute Gasteiger partial charge is 0.298 e. The van der Waals surface area contributed by atoms with Gasteiger partial charge in [0.25, 0.3) is 0 Å². The third-order valence-electron chi connectivity index (χ3n) is 3.03. The van der Waals surface area contributed by atoms with E-state index in [4.69, 9.17) is 7.85 Å². The fourth-order valence-corrected chi connectivity index (χ4v) is 1.89. The first-order valence-electron chi connectivity index (χ1n) is 6.53. The SMILES string of the molecule is [B]c1cc(-n2c(-c3nonc3NC(=O)C(F)(F)F)noc2=O)ccc1F. The van der Waals surface area contributed by atoms with Crippen LogP contribution >= 0.6 is 0 Å². The minimum absolute atomic E-state index is 0.0266. The van der Waals surface area contributed by atoms with Gasteiger partial charge in [-0.15, -0.1) is 0 Å². The van der Waals surface area contributed by atoms with E-state index in [2.05, 4.69) is 24.6 Å². The molecule has 26 heavy (non-hydrogen) atoms. The highest BCUT2D eigenvalue weighted by Gasteiger charge is 2.40. The molecule has 0 fully saturated rings. The van der Waals surface area contributed by atoms with Gasteiger partial charge in [-0.05, 0) is 28.5 Å². The van der Waals surface area contributed by atoms with E-state index in [1.807, 2.05) is 0 Å². The Labute approximate surface area is 140 Å². The monoisotopic (exact) mass is 369 g/mol. The maximum absolute atomic E-state index is 13.3. The number of halogens is 4. The van der Waals surface area contributed by atoms with Gasteiger partial charge in [-0.25, -0.2) is 18.4 Å². The fraction of sp³-hybridized carbons (Fsp3) is 0.0833. The Morgan fingerprint density at radius 1 is 1.23 bits per heavy atom. The summed E-state index contributed by atoms with van der Waals surface area (Å²) in [4.78, 5) is 22.9. The van der Waals surface area contributed by atoms with Crippen LogP contribution in [0.25, 0.3) is 17.2 Å². The molecule has 0 aliphatic rings. The van der Waals surface area contributed by atoms with Crippen LogP contribution in [0.1, 0.15) is 0 Å². The lowest BCUT2D eigenvalue weighted by molar-refractivity contribution is -0.167. The molecule has 14 heteroatoms. The largest absolute Gasteiger partial charge is 0.471 e. The molecule has 0 aliphatic carbocycles. The first-order chi connectivity index (χ1) is 12.2. The van der Waals surface area contributed by atoms with E-state index in [0.717, 1.165) is 22.8 Å². The van der Waals surface area contributed by atoms with Crippen molar-refractivity contribution in [2.45, 2.75) is 6.18 Å². The molecule has 3 aromatic rings.